The molecule has 158 valence electrons. The molecule has 2 aromatic carbocycles. The number of fused-ring (bicyclic) bond motifs is 1. The maximum Gasteiger partial charge on any atom is 0.269 e. The number of non-ortho nitro benzene ring substituents is 1. The minimum atomic E-state index is -0.408. The van der Waals surface area contributed by atoms with E-state index in [4.69, 9.17) is 9.84 Å². The van der Waals surface area contributed by atoms with Crippen molar-refractivity contribution in [2.24, 2.45) is 5.10 Å². The predicted octanol–water partition coefficient (Wildman–Crippen LogP) is 2.83. The van der Waals surface area contributed by atoms with Gasteiger partial charge in [0.15, 0.2) is 5.82 Å². The van der Waals surface area contributed by atoms with Crippen molar-refractivity contribution in [3.8, 4) is 5.75 Å². The van der Waals surface area contributed by atoms with Crippen molar-refractivity contribution < 1.29 is 9.66 Å². The number of hydrogen-bond acceptors (Lipinski definition) is 9. The van der Waals surface area contributed by atoms with Gasteiger partial charge in [-0.15, -0.1) is 10.2 Å². The standard InChI is InChI=1S/C20H19N7O3S/c1-30-15-8-4-12(5-9-15)16-10-17(22-21-16)19-23-24-20-26(19)25-18(11-31-20)13-2-6-14(7-3-13)27(28)29/h2-9,16-17,21-22H,10-11H2,1H3. The number of methoxy groups -OCH3 is 1. The van der Waals surface area contributed by atoms with E-state index >= 15 is 0 Å². The van der Waals surface area contributed by atoms with Crippen molar-refractivity contribution in [3.63, 3.8) is 0 Å². The van der Waals surface area contributed by atoms with Crippen molar-refractivity contribution in [1.29, 1.82) is 0 Å². The SMILES string of the molecule is COc1ccc(C2CC(c3nnc4n3N=C(c3ccc([N+](=O)[O-])cc3)CS4)NN2)cc1. The molecule has 2 atom stereocenters. The van der Waals surface area contributed by atoms with Gasteiger partial charge in [0, 0.05) is 23.9 Å². The van der Waals surface area contributed by atoms with Crippen molar-refractivity contribution in [3.05, 3.63) is 75.6 Å². The van der Waals surface area contributed by atoms with Crippen molar-refractivity contribution >= 4 is 23.2 Å². The highest BCUT2D eigenvalue weighted by atomic mass is 32.2. The fourth-order valence-corrected chi connectivity index (χ4v) is 4.50. The van der Waals surface area contributed by atoms with E-state index in [1.54, 1.807) is 35.7 Å². The second-order valence-corrected chi connectivity index (χ2v) is 8.14. The summed E-state index contributed by atoms with van der Waals surface area (Å²) in [7, 11) is 1.65. The zero-order valence-electron chi connectivity index (χ0n) is 16.6. The monoisotopic (exact) mass is 437 g/mol. The largest absolute Gasteiger partial charge is 0.497 e. The molecule has 2 unspecified atom stereocenters. The summed E-state index contributed by atoms with van der Waals surface area (Å²) in [5, 5.41) is 25.0. The van der Waals surface area contributed by atoms with E-state index in [2.05, 4.69) is 21.0 Å². The lowest BCUT2D eigenvalue weighted by atomic mass is 10.0. The first-order valence-corrected chi connectivity index (χ1v) is 10.7. The summed E-state index contributed by atoms with van der Waals surface area (Å²) >= 11 is 1.55. The van der Waals surface area contributed by atoms with Gasteiger partial charge in [-0.3, -0.25) is 10.1 Å². The van der Waals surface area contributed by atoms with Crippen LogP contribution in [0.4, 0.5) is 5.69 Å². The lowest BCUT2D eigenvalue weighted by Crippen LogP contribution is -2.28. The van der Waals surface area contributed by atoms with Gasteiger partial charge in [-0.25, -0.2) is 10.9 Å². The Bertz CT molecular complexity index is 1140. The Kier molecular flexibility index (Phi) is 5.14. The van der Waals surface area contributed by atoms with Gasteiger partial charge in [-0.2, -0.15) is 9.78 Å². The highest BCUT2D eigenvalue weighted by molar-refractivity contribution is 7.99. The predicted molar refractivity (Wildman–Crippen MR) is 115 cm³/mol. The van der Waals surface area contributed by atoms with Crippen LogP contribution in [0.15, 0.2) is 58.8 Å². The molecule has 2 aliphatic heterocycles. The molecular formula is C20H19N7O3S. The number of thioether (sulfide) groups is 1. The van der Waals surface area contributed by atoms with Gasteiger partial charge < -0.3 is 4.74 Å². The minimum Gasteiger partial charge on any atom is -0.497 e. The summed E-state index contributed by atoms with van der Waals surface area (Å²) in [6.07, 6.45) is 0.789. The molecule has 1 aromatic heterocycles. The number of hydrogen-bond donors (Lipinski definition) is 2. The van der Waals surface area contributed by atoms with Crippen LogP contribution in [0, 0.1) is 10.1 Å². The van der Waals surface area contributed by atoms with Crippen LogP contribution in [0.3, 0.4) is 0 Å². The third-order valence-electron chi connectivity index (χ3n) is 5.34. The summed E-state index contributed by atoms with van der Waals surface area (Å²) in [4.78, 5) is 10.5. The molecule has 0 aliphatic carbocycles. The number of benzene rings is 2. The molecule has 2 aliphatic rings. The zero-order valence-corrected chi connectivity index (χ0v) is 17.4. The van der Waals surface area contributed by atoms with Crippen molar-refractivity contribution in [1.82, 2.24) is 25.7 Å². The molecule has 3 aromatic rings. The summed E-state index contributed by atoms with van der Waals surface area (Å²) in [6, 6.07) is 14.5. The number of rotatable bonds is 5. The molecule has 0 saturated carbocycles. The number of nitrogens with one attached hydrogen (secondary N) is 2. The highest BCUT2D eigenvalue weighted by Crippen LogP contribution is 2.33. The molecule has 0 amide bonds. The van der Waals surface area contributed by atoms with Crippen LogP contribution < -0.4 is 15.6 Å². The molecule has 0 spiro atoms. The van der Waals surface area contributed by atoms with Gasteiger partial charge in [0.2, 0.25) is 5.16 Å². The number of hydrazine groups is 1. The van der Waals surface area contributed by atoms with Crippen LogP contribution in [-0.4, -0.2) is 38.4 Å². The van der Waals surface area contributed by atoms with Crippen LogP contribution in [0.1, 0.15) is 35.5 Å². The molecular weight excluding hydrogens is 418 g/mol. The summed E-state index contributed by atoms with van der Waals surface area (Å²) < 4.78 is 7.00. The Balaban J connectivity index is 1.37. The highest BCUT2D eigenvalue weighted by Gasteiger charge is 2.32. The lowest BCUT2D eigenvalue weighted by molar-refractivity contribution is -0.384. The van der Waals surface area contributed by atoms with Gasteiger partial charge in [0.1, 0.15) is 5.75 Å². The Morgan fingerprint density at radius 2 is 1.84 bits per heavy atom. The van der Waals surface area contributed by atoms with Gasteiger partial charge in [0.25, 0.3) is 5.69 Å². The van der Waals surface area contributed by atoms with E-state index in [-0.39, 0.29) is 17.8 Å². The quantitative estimate of drug-likeness (QED) is 0.462. The lowest BCUT2D eigenvalue weighted by Gasteiger charge is -2.15. The average Bonchev–Trinajstić information content (AvgIpc) is 3.46. The number of nitrogens with zero attached hydrogens (tertiary/aromatic N) is 5. The van der Waals surface area contributed by atoms with E-state index in [9.17, 15) is 10.1 Å². The molecule has 2 N–H and O–H groups in total. The Morgan fingerprint density at radius 3 is 2.55 bits per heavy atom. The second-order valence-electron chi connectivity index (χ2n) is 7.19. The molecule has 5 rings (SSSR count). The number of nitro groups is 1. The third kappa shape index (κ3) is 3.78. The van der Waals surface area contributed by atoms with Crippen LogP contribution in [0.2, 0.25) is 0 Å². The average molecular weight is 437 g/mol. The Hall–Kier alpha value is -3.28. The minimum absolute atomic E-state index is 0.0595. The zero-order chi connectivity index (χ0) is 21.4. The molecule has 11 heteroatoms. The van der Waals surface area contributed by atoms with E-state index < -0.39 is 4.92 Å². The molecule has 1 saturated heterocycles. The maximum absolute atomic E-state index is 10.9. The summed E-state index contributed by atoms with van der Waals surface area (Å²) in [6.45, 7) is 0. The number of aromatic nitrogens is 3. The third-order valence-corrected chi connectivity index (χ3v) is 6.27. The van der Waals surface area contributed by atoms with E-state index in [1.165, 1.54) is 12.1 Å². The van der Waals surface area contributed by atoms with E-state index in [1.807, 2.05) is 24.3 Å². The van der Waals surface area contributed by atoms with Crippen LogP contribution >= 0.6 is 11.8 Å². The van der Waals surface area contributed by atoms with Gasteiger partial charge in [0.05, 0.1) is 23.8 Å². The first-order valence-electron chi connectivity index (χ1n) is 9.68. The van der Waals surface area contributed by atoms with Crippen LogP contribution in [0.5, 0.6) is 5.75 Å². The Morgan fingerprint density at radius 1 is 1.10 bits per heavy atom. The van der Waals surface area contributed by atoms with E-state index in [0.717, 1.165) is 40.0 Å². The molecule has 10 nitrogen and oxygen atoms in total. The second kappa shape index (κ2) is 8.10. The van der Waals surface area contributed by atoms with Crippen LogP contribution in [-0.2, 0) is 0 Å². The Labute approximate surface area is 181 Å². The summed E-state index contributed by atoms with van der Waals surface area (Å²) in [5.41, 5.74) is 9.51. The van der Waals surface area contributed by atoms with E-state index in [0.29, 0.717) is 5.75 Å². The number of ether oxygens (including phenoxy) is 1. The fourth-order valence-electron chi connectivity index (χ4n) is 3.66. The molecule has 31 heavy (non-hydrogen) atoms. The topological polar surface area (TPSA) is 120 Å². The summed E-state index contributed by atoms with van der Waals surface area (Å²) in [5.74, 6) is 2.17. The molecule has 0 bridgehead atoms. The maximum atomic E-state index is 10.9. The fraction of sp³-hybridized carbons (Fsp3) is 0.250. The molecule has 3 heterocycles. The molecule has 0 radical (unpaired) electrons. The molecule has 1 fully saturated rings. The van der Waals surface area contributed by atoms with Gasteiger partial charge in [-0.05, 0) is 41.8 Å². The van der Waals surface area contributed by atoms with Crippen molar-refractivity contribution in [2.45, 2.75) is 23.7 Å². The number of nitro benzene ring substituents is 1. The van der Waals surface area contributed by atoms with Gasteiger partial charge >= 0.3 is 0 Å². The first-order chi connectivity index (χ1) is 15.1. The normalized spacial score (nSPS) is 20.2. The van der Waals surface area contributed by atoms with Gasteiger partial charge in [-0.1, -0.05) is 23.9 Å². The van der Waals surface area contributed by atoms with Crippen LogP contribution in [0.25, 0.3) is 0 Å². The smallest absolute Gasteiger partial charge is 0.269 e. The van der Waals surface area contributed by atoms with Crippen molar-refractivity contribution in [2.75, 3.05) is 12.9 Å². The first kappa shape index (κ1) is 19.7.